The number of hydrogen-bond acceptors (Lipinski definition) is 6. The molecule has 1 unspecified atom stereocenters. The highest BCUT2D eigenvalue weighted by Gasteiger charge is 2.47. The fourth-order valence-electron chi connectivity index (χ4n) is 3.12. The number of Topliss-reactive ketones (excluding diaryl/α,β-unsaturated/α-hetero) is 1. The van der Waals surface area contributed by atoms with E-state index in [-0.39, 0.29) is 16.3 Å². The minimum absolute atomic E-state index is 0.0447. The van der Waals surface area contributed by atoms with E-state index < -0.39 is 33.1 Å². The summed E-state index contributed by atoms with van der Waals surface area (Å²) in [6, 6.07) is 9.41. The van der Waals surface area contributed by atoms with E-state index in [0.29, 0.717) is 11.4 Å². The maximum Gasteiger partial charge on any atom is 0.294 e. The van der Waals surface area contributed by atoms with Gasteiger partial charge >= 0.3 is 0 Å². The Morgan fingerprint density at radius 1 is 1.14 bits per heavy atom. The van der Waals surface area contributed by atoms with E-state index in [0.717, 1.165) is 0 Å². The van der Waals surface area contributed by atoms with Crippen LogP contribution in [0.1, 0.15) is 32.5 Å². The molecule has 0 saturated carbocycles. The Balaban J connectivity index is 2.17. The Morgan fingerprint density at radius 2 is 1.76 bits per heavy atom. The number of nitrogens with zero attached hydrogens (tertiary/aromatic N) is 2. The lowest BCUT2D eigenvalue weighted by Crippen LogP contribution is -2.33. The molecule has 0 spiro atoms. The molecule has 1 atom stereocenters. The van der Waals surface area contributed by atoms with Crippen LogP contribution in [0.5, 0.6) is 0 Å². The number of amides is 1. The van der Waals surface area contributed by atoms with Crippen molar-refractivity contribution in [2.75, 3.05) is 4.90 Å². The second kappa shape index (κ2) is 7.09. The first-order chi connectivity index (χ1) is 13.4. The largest absolute Gasteiger partial charge is 0.503 e. The van der Waals surface area contributed by atoms with Gasteiger partial charge in [0, 0.05) is 17.3 Å². The van der Waals surface area contributed by atoms with Crippen LogP contribution in [0.25, 0.3) is 0 Å². The molecule has 0 saturated heterocycles. The molecular weight excluding hydrogens is 394 g/mol. The molecule has 29 heavy (non-hydrogen) atoms. The molecule has 3 N–H and O–H groups in total. The molecule has 1 aromatic heterocycles. The monoisotopic (exact) mass is 415 g/mol. The number of aromatic nitrogens is 1. The van der Waals surface area contributed by atoms with Crippen LogP contribution >= 0.6 is 0 Å². The Hall–Kier alpha value is -3.04. The number of aliphatic hydroxyl groups excluding tert-OH is 1. The second-order valence-electron chi connectivity index (χ2n) is 7.71. The van der Waals surface area contributed by atoms with Crippen molar-refractivity contribution in [3.63, 3.8) is 0 Å². The van der Waals surface area contributed by atoms with Crippen molar-refractivity contribution >= 4 is 27.4 Å². The van der Waals surface area contributed by atoms with Gasteiger partial charge in [-0.3, -0.25) is 19.5 Å². The Labute approximate surface area is 168 Å². The zero-order valence-electron chi connectivity index (χ0n) is 16.2. The fraction of sp³-hybridized carbons (Fsp3) is 0.250. The number of pyridine rings is 1. The predicted octanol–water partition coefficient (Wildman–Crippen LogP) is 2.24. The van der Waals surface area contributed by atoms with Gasteiger partial charge in [-0.1, -0.05) is 26.8 Å². The summed E-state index contributed by atoms with van der Waals surface area (Å²) in [5.41, 5.74) is -0.199. The first-order valence-electron chi connectivity index (χ1n) is 8.78. The molecule has 152 valence electrons. The maximum atomic E-state index is 13.0. The zero-order chi connectivity index (χ0) is 21.6. The molecule has 1 aromatic carbocycles. The average molecular weight is 415 g/mol. The first-order valence-corrected chi connectivity index (χ1v) is 10.3. The molecular formula is C20H21N3O5S. The van der Waals surface area contributed by atoms with Crippen LogP contribution < -0.4 is 10.0 Å². The van der Waals surface area contributed by atoms with Crippen LogP contribution in [0.4, 0.5) is 5.69 Å². The van der Waals surface area contributed by atoms with Crippen LogP contribution in [0.15, 0.2) is 64.9 Å². The van der Waals surface area contributed by atoms with Gasteiger partial charge in [-0.05, 0) is 36.4 Å². The standard InChI is InChI=1S/C20H21N3O5S/c1-20(2,3)18(25)15-16(14-6-4-5-11-22-14)23(19(26)17(15)24)12-7-9-13(10-8-12)29(21,27)28/h4-11,16,24H,1-3H3,(H2,21,27,28). The normalized spacial score (nSPS) is 17.7. The van der Waals surface area contributed by atoms with Gasteiger partial charge in [-0.2, -0.15) is 0 Å². The molecule has 0 radical (unpaired) electrons. The van der Waals surface area contributed by atoms with Crippen molar-refractivity contribution in [1.82, 2.24) is 4.98 Å². The average Bonchev–Trinajstić information content (AvgIpc) is 2.91. The number of rotatable bonds is 4. The van der Waals surface area contributed by atoms with Crippen molar-refractivity contribution in [2.24, 2.45) is 10.6 Å². The molecule has 2 heterocycles. The van der Waals surface area contributed by atoms with Crippen LogP contribution in [-0.2, 0) is 19.6 Å². The second-order valence-corrected chi connectivity index (χ2v) is 9.27. The smallest absolute Gasteiger partial charge is 0.294 e. The van der Waals surface area contributed by atoms with Crippen molar-refractivity contribution in [3.8, 4) is 0 Å². The van der Waals surface area contributed by atoms with Crippen molar-refractivity contribution in [1.29, 1.82) is 0 Å². The third-order valence-corrected chi connectivity index (χ3v) is 5.47. The highest BCUT2D eigenvalue weighted by molar-refractivity contribution is 7.89. The summed E-state index contributed by atoms with van der Waals surface area (Å²) in [6.07, 6.45) is 1.52. The van der Waals surface area contributed by atoms with Gasteiger partial charge in [0.25, 0.3) is 5.91 Å². The quantitative estimate of drug-likeness (QED) is 0.787. The summed E-state index contributed by atoms with van der Waals surface area (Å²) in [6.45, 7) is 5.08. The van der Waals surface area contributed by atoms with E-state index in [1.165, 1.54) is 35.4 Å². The van der Waals surface area contributed by atoms with Gasteiger partial charge in [-0.25, -0.2) is 13.6 Å². The molecule has 1 amide bonds. The molecule has 0 fully saturated rings. The summed E-state index contributed by atoms with van der Waals surface area (Å²) in [4.78, 5) is 31.3. The number of nitrogens with two attached hydrogens (primary N) is 1. The number of ketones is 1. The Kier molecular flexibility index (Phi) is 5.06. The van der Waals surface area contributed by atoms with Gasteiger partial charge in [0.15, 0.2) is 11.5 Å². The number of carbonyl (C=O) groups excluding carboxylic acids is 2. The molecule has 1 aliphatic heterocycles. The van der Waals surface area contributed by atoms with Crippen molar-refractivity contribution in [2.45, 2.75) is 31.7 Å². The lowest BCUT2D eigenvalue weighted by molar-refractivity contribution is -0.123. The molecule has 3 rings (SSSR count). The molecule has 2 aromatic rings. The maximum absolute atomic E-state index is 13.0. The Bertz CT molecular complexity index is 1100. The van der Waals surface area contributed by atoms with Gasteiger partial charge < -0.3 is 5.11 Å². The summed E-state index contributed by atoms with van der Waals surface area (Å²) in [5.74, 6) is -1.80. The third kappa shape index (κ3) is 3.79. The number of hydrogen-bond donors (Lipinski definition) is 2. The van der Waals surface area contributed by atoms with E-state index in [1.807, 2.05) is 0 Å². The molecule has 9 heteroatoms. The van der Waals surface area contributed by atoms with E-state index in [4.69, 9.17) is 5.14 Å². The predicted molar refractivity (Wildman–Crippen MR) is 106 cm³/mol. The van der Waals surface area contributed by atoms with Crippen LogP contribution in [0.2, 0.25) is 0 Å². The van der Waals surface area contributed by atoms with Gasteiger partial charge in [0.05, 0.1) is 16.2 Å². The summed E-state index contributed by atoms with van der Waals surface area (Å²) < 4.78 is 23.0. The van der Waals surface area contributed by atoms with Crippen LogP contribution in [0, 0.1) is 5.41 Å². The first kappa shape index (κ1) is 20.7. The topological polar surface area (TPSA) is 131 Å². The van der Waals surface area contributed by atoms with Gasteiger partial charge in [0.1, 0.15) is 6.04 Å². The molecule has 8 nitrogen and oxygen atoms in total. The van der Waals surface area contributed by atoms with Gasteiger partial charge in [-0.15, -0.1) is 0 Å². The Morgan fingerprint density at radius 3 is 2.24 bits per heavy atom. The number of anilines is 1. The highest BCUT2D eigenvalue weighted by atomic mass is 32.2. The highest BCUT2D eigenvalue weighted by Crippen LogP contribution is 2.42. The zero-order valence-corrected chi connectivity index (χ0v) is 17.0. The number of benzene rings is 1. The van der Waals surface area contributed by atoms with Crippen molar-refractivity contribution < 1.29 is 23.1 Å². The fourth-order valence-corrected chi connectivity index (χ4v) is 3.64. The third-order valence-electron chi connectivity index (χ3n) is 4.55. The van der Waals surface area contributed by atoms with E-state index in [9.17, 15) is 23.1 Å². The lowest BCUT2D eigenvalue weighted by atomic mass is 9.83. The number of sulfonamides is 1. The van der Waals surface area contributed by atoms with E-state index in [2.05, 4.69) is 4.98 Å². The summed E-state index contributed by atoms with van der Waals surface area (Å²) in [7, 11) is -3.91. The van der Waals surface area contributed by atoms with Gasteiger partial charge in [0.2, 0.25) is 10.0 Å². The molecule has 1 aliphatic rings. The lowest BCUT2D eigenvalue weighted by Gasteiger charge is -2.28. The minimum Gasteiger partial charge on any atom is -0.503 e. The SMILES string of the molecule is CC(C)(C)C(=O)C1=C(O)C(=O)N(c2ccc(S(N)(=O)=O)cc2)C1c1ccccn1. The minimum atomic E-state index is -3.91. The molecule has 0 aliphatic carbocycles. The van der Waals surface area contributed by atoms with Crippen molar-refractivity contribution in [3.05, 3.63) is 65.7 Å². The van der Waals surface area contributed by atoms with Crippen LogP contribution in [-0.4, -0.2) is 30.2 Å². The summed E-state index contributed by atoms with van der Waals surface area (Å²) in [5, 5.41) is 15.7. The number of primary sulfonamides is 1. The number of aliphatic hydroxyl groups is 1. The summed E-state index contributed by atoms with van der Waals surface area (Å²) >= 11 is 0. The van der Waals surface area contributed by atoms with Crippen LogP contribution in [0.3, 0.4) is 0 Å². The van der Waals surface area contributed by atoms with E-state index >= 15 is 0 Å². The number of carbonyl (C=O) groups is 2. The van der Waals surface area contributed by atoms with E-state index in [1.54, 1.807) is 39.0 Å². The molecule has 0 bridgehead atoms.